The van der Waals surface area contributed by atoms with Crippen LogP contribution in [0.15, 0.2) is 18.2 Å². The van der Waals surface area contributed by atoms with Crippen molar-refractivity contribution in [1.29, 1.82) is 0 Å². The first-order valence-corrected chi connectivity index (χ1v) is 9.29. The van der Waals surface area contributed by atoms with Crippen LogP contribution in [0.2, 0.25) is 0 Å². The van der Waals surface area contributed by atoms with Crippen LogP contribution in [0.25, 0.3) is 0 Å². The number of benzene rings is 1. The Morgan fingerprint density at radius 1 is 1.23 bits per heavy atom. The standard InChI is InChI=1S/C19H24F3N3O/c1-12-5-6-14(23-18(26)25-15-3-2-4-16(25)8-15)7-17(12)13-9-24(10-13)11-19(20,21)22/h5-7,13,15-16H,2-4,8-11H2,1H3,(H,23,26). The van der Waals surface area contributed by atoms with E-state index < -0.39 is 12.7 Å². The van der Waals surface area contributed by atoms with Gasteiger partial charge in [-0.3, -0.25) is 4.90 Å². The normalized spacial score (nSPS) is 26.2. The summed E-state index contributed by atoms with van der Waals surface area (Å²) < 4.78 is 37.4. The molecular formula is C19H24F3N3O. The molecule has 3 aliphatic rings. The van der Waals surface area contributed by atoms with E-state index in [2.05, 4.69) is 5.32 Å². The van der Waals surface area contributed by atoms with Crippen LogP contribution in [-0.2, 0) is 0 Å². The number of carbonyl (C=O) groups excluding carboxylic acids is 1. The number of alkyl halides is 3. The van der Waals surface area contributed by atoms with E-state index >= 15 is 0 Å². The quantitative estimate of drug-likeness (QED) is 0.873. The Bertz CT molecular complexity index is 686. The molecule has 3 fully saturated rings. The topological polar surface area (TPSA) is 35.6 Å². The number of anilines is 1. The minimum atomic E-state index is -4.15. The van der Waals surface area contributed by atoms with E-state index in [1.165, 1.54) is 11.3 Å². The Hall–Kier alpha value is -1.76. The largest absolute Gasteiger partial charge is 0.401 e. The SMILES string of the molecule is Cc1ccc(NC(=O)N2C3CCCC2C3)cc1C1CN(CC(F)(F)F)C1. The highest BCUT2D eigenvalue weighted by Gasteiger charge is 2.44. The number of hydrogen-bond donors (Lipinski definition) is 1. The fourth-order valence-electron chi connectivity index (χ4n) is 4.63. The summed E-state index contributed by atoms with van der Waals surface area (Å²) in [6.07, 6.45) is 0.332. The molecule has 0 aliphatic carbocycles. The maximum Gasteiger partial charge on any atom is 0.401 e. The van der Waals surface area contributed by atoms with Crippen LogP contribution in [0.1, 0.15) is 42.7 Å². The number of rotatable bonds is 3. The van der Waals surface area contributed by atoms with E-state index in [1.807, 2.05) is 30.0 Å². The second kappa shape index (κ2) is 6.44. The van der Waals surface area contributed by atoms with Crippen LogP contribution >= 0.6 is 0 Å². The lowest BCUT2D eigenvalue weighted by atomic mass is 9.80. The molecular weight excluding hydrogens is 343 g/mol. The van der Waals surface area contributed by atoms with Gasteiger partial charge in [-0.15, -0.1) is 0 Å². The maximum atomic E-state index is 12.5. The Kier molecular flexibility index (Phi) is 4.37. The molecule has 7 heteroatoms. The first kappa shape index (κ1) is 17.6. The molecule has 0 saturated carbocycles. The van der Waals surface area contributed by atoms with Crippen molar-refractivity contribution in [1.82, 2.24) is 9.80 Å². The average molecular weight is 367 g/mol. The summed E-state index contributed by atoms with van der Waals surface area (Å²) in [5.41, 5.74) is 2.82. The van der Waals surface area contributed by atoms with Crippen LogP contribution in [0, 0.1) is 6.92 Å². The van der Waals surface area contributed by atoms with Gasteiger partial charge in [0.1, 0.15) is 0 Å². The molecule has 142 valence electrons. The van der Waals surface area contributed by atoms with Gasteiger partial charge in [-0.1, -0.05) is 6.07 Å². The third-order valence-electron chi connectivity index (χ3n) is 5.97. The molecule has 2 atom stereocenters. The number of fused-ring (bicyclic) bond motifs is 2. The van der Waals surface area contributed by atoms with Crippen molar-refractivity contribution in [2.24, 2.45) is 0 Å². The zero-order valence-electron chi connectivity index (χ0n) is 14.9. The lowest BCUT2D eigenvalue weighted by Crippen LogP contribution is -2.62. The molecule has 0 spiro atoms. The number of urea groups is 1. The number of aryl methyl sites for hydroxylation is 1. The Balaban J connectivity index is 1.39. The highest BCUT2D eigenvalue weighted by Crippen LogP contribution is 2.38. The second-order valence-corrected chi connectivity index (χ2v) is 7.89. The molecule has 1 N–H and O–H groups in total. The summed E-state index contributed by atoms with van der Waals surface area (Å²) in [6.45, 7) is 1.94. The first-order chi connectivity index (χ1) is 12.3. The number of nitrogens with one attached hydrogen (secondary N) is 1. The van der Waals surface area contributed by atoms with E-state index in [9.17, 15) is 18.0 Å². The van der Waals surface area contributed by atoms with E-state index in [-0.39, 0.29) is 11.9 Å². The number of halogens is 3. The van der Waals surface area contributed by atoms with Crippen molar-refractivity contribution in [2.75, 3.05) is 25.0 Å². The van der Waals surface area contributed by atoms with Crippen molar-refractivity contribution in [3.05, 3.63) is 29.3 Å². The maximum absolute atomic E-state index is 12.5. The molecule has 4 nitrogen and oxygen atoms in total. The molecule has 26 heavy (non-hydrogen) atoms. The molecule has 3 saturated heterocycles. The van der Waals surface area contributed by atoms with Crippen LogP contribution in [0.3, 0.4) is 0 Å². The van der Waals surface area contributed by atoms with Gasteiger partial charge in [0.25, 0.3) is 0 Å². The Morgan fingerprint density at radius 3 is 2.54 bits per heavy atom. The van der Waals surface area contributed by atoms with Crippen molar-refractivity contribution in [2.45, 2.75) is 56.8 Å². The van der Waals surface area contributed by atoms with Gasteiger partial charge in [-0.2, -0.15) is 13.2 Å². The van der Waals surface area contributed by atoms with Gasteiger partial charge in [0.05, 0.1) is 6.54 Å². The number of likely N-dealkylation sites (tertiary alicyclic amines) is 1. The number of piperidine rings is 1. The van der Waals surface area contributed by atoms with Gasteiger partial charge in [0, 0.05) is 36.8 Å². The van der Waals surface area contributed by atoms with Gasteiger partial charge >= 0.3 is 12.2 Å². The van der Waals surface area contributed by atoms with Crippen molar-refractivity contribution in [3.8, 4) is 0 Å². The monoisotopic (exact) mass is 367 g/mol. The molecule has 2 unspecified atom stereocenters. The molecule has 4 rings (SSSR count). The predicted molar refractivity (Wildman–Crippen MR) is 93.3 cm³/mol. The highest BCUT2D eigenvalue weighted by molar-refractivity contribution is 5.90. The van der Waals surface area contributed by atoms with E-state index in [0.717, 1.165) is 36.1 Å². The van der Waals surface area contributed by atoms with Gasteiger partial charge in [0.2, 0.25) is 0 Å². The molecule has 0 aromatic heterocycles. The van der Waals surface area contributed by atoms with E-state index in [0.29, 0.717) is 25.2 Å². The fourth-order valence-corrected chi connectivity index (χ4v) is 4.63. The van der Waals surface area contributed by atoms with Gasteiger partial charge in [-0.05, 0) is 55.9 Å². The zero-order chi connectivity index (χ0) is 18.5. The lowest BCUT2D eigenvalue weighted by molar-refractivity contribution is -0.154. The van der Waals surface area contributed by atoms with E-state index in [4.69, 9.17) is 0 Å². The van der Waals surface area contributed by atoms with Crippen LogP contribution in [-0.4, -0.2) is 53.7 Å². The molecule has 3 aliphatic heterocycles. The van der Waals surface area contributed by atoms with Crippen molar-refractivity contribution < 1.29 is 18.0 Å². The molecule has 3 heterocycles. The predicted octanol–water partition coefficient (Wildman–Crippen LogP) is 4.12. The molecule has 2 amide bonds. The summed E-state index contributed by atoms with van der Waals surface area (Å²) >= 11 is 0. The molecule has 1 aromatic rings. The van der Waals surface area contributed by atoms with Crippen LogP contribution < -0.4 is 5.32 Å². The third kappa shape index (κ3) is 3.41. The Labute approximate surface area is 151 Å². The van der Waals surface area contributed by atoms with Gasteiger partial charge in [-0.25, -0.2) is 4.79 Å². The fraction of sp³-hybridized carbons (Fsp3) is 0.632. The third-order valence-corrected chi connectivity index (χ3v) is 5.97. The molecule has 0 radical (unpaired) electrons. The summed E-state index contributed by atoms with van der Waals surface area (Å²) in [5.74, 6) is 0.0950. The average Bonchev–Trinajstić information content (AvgIpc) is 2.52. The Morgan fingerprint density at radius 2 is 1.92 bits per heavy atom. The highest BCUT2D eigenvalue weighted by atomic mass is 19.4. The number of nitrogens with zero attached hydrogens (tertiary/aromatic N) is 2. The van der Waals surface area contributed by atoms with Gasteiger partial charge < -0.3 is 10.2 Å². The minimum absolute atomic E-state index is 0.0481. The second-order valence-electron chi connectivity index (χ2n) is 7.89. The van der Waals surface area contributed by atoms with Crippen LogP contribution in [0.5, 0.6) is 0 Å². The number of amides is 2. The summed E-state index contributed by atoms with van der Waals surface area (Å²) in [5, 5.41) is 2.99. The smallest absolute Gasteiger partial charge is 0.318 e. The summed E-state index contributed by atoms with van der Waals surface area (Å²) in [6, 6.07) is 6.45. The number of hydrogen-bond acceptors (Lipinski definition) is 2. The van der Waals surface area contributed by atoms with Crippen LogP contribution in [0.4, 0.5) is 23.7 Å². The first-order valence-electron chi connectivity index (χ1n) is 9.29. The minimum Gasteiger partial charge on any atom is -0.318 e. The molecule has 2 bridgehead atoms. The van der Waals surface area contributed by atoms with Gasteiger partial charge in [0.15, 0.2) is 0 Å². The van der Waals surface area contributed by atoms with Crippen molar-refractivity contribution >= 4 is 11.7 Å². The summed E-state index contributed by atoms with van der Waals surface area (Å²) in [7, 11) is 0. The number of carbonyl (C=O) groups is 1. The zero-order valence-corrected chi connectivity index (χ0v) is 14.9. The van der Waals surface area contributed by atoms with E-state index in [1.54, 1.807) is 0 Å². The lowest BCUT2D eigenvalue weighted by Gasteiger charge is -2.52. The van der Waals surface area contributed by atoms with Crippen molar-refractivity contribution in [3.63, 3.8) is 0 Å². The molecule has 1 aromatic carbocycles. The summed E-state index contributed by atoms with van der Waals surface area (Å²) in [4.78, 5) is 15.9.